The largest absolute Gasteiger partial charge is 0.478 e. The number of nitrogens with one attached hydrogen (secondary N) is 1. The number of aromatic nitrogens is 3. The van der Waals surface area contributed by atoms with E-state index in [-0.39, 0.29) is 10.6 Å². The van der Waals surface area contributed by atoms with Crippen molar-refractivity contribution in [1.29, 1.82) is 0 Å². The average Bonchev–Trinajstić information content (AvgIpc) is 3.01. The fourth-order valence-electron chi connectivity index (χ4n) is 2.17. The van der Waals surface area contributed by atoms with Crippen molar-refractivity contribution in [1.82, 2.24) is 14.8 Å². The van der Waals surface area contributed by atoms with Crippen LogP contribution in [0.4, 0.5) is 10.1 Å². The lowest BCUT2D eigenvalue weighted by molar-refractivity contribution is 0.0691. The van der Waals surface area contributed by atoms with Gasteiger partial charge in [-0.25, -0.2) is 17.6 Å². The van der Waals surface area contributed by atoms with Gasteiger partial charge in [0, 0.05) is 16.4 Å². The third-order valence-electron chi connectivity index (χ3n) is 3.54. The fraction of sp³-hybridized carbons (Fsp3) is 0.0625. The molecule has 0 aliphatic carbocycles. The van der Waals surface area contributed by atoms with Gasteiger partial charge in [0.05, 0.1) is 16.1 Å². The number of halogens is 2. The van der Waals surface area contributed by atoms with Crippen LogP contribution in [-0.4, -0.2) is 34.3 Å². The minimum Gasteiger partial charge on any atom is -0.478 e. The SMILES string of the molecule is Cn1cnnc1Sc1ccc(Br)cc1NS(=O)(=O)c1ccc(F)c(C(=O)O)c1. The standard InChI is InChI=1S/C16H12BrFN4O4S2/c1-22-8-19-20-16(22)27-14-5-2-9(17)6-13(14)21-28(25,26)10-3-4-12(18)11(7-10)15(23)24/h2-8,21H,1H3,(H,23,24). The van der Waals surface area contributed by atoms with Gasteiger partial charge in [0.2, 0.25) is 0 Å². The van der Waals surface area contributed by atoms with Crippen LogP contribution in [0.15, 0.2) is 62.1 Å². The number of sulfonamides is 1. The number of carbonyl (C=O) groups is 1. The van der Waals surface area contributed by atoms with Crippen molar-refractivity contribution in [3.8, 4) is 0 Å². The highest BCUT2D eigenvalue weighted by molar-refractivity contribution is 9.10. The summed E-state index contributed by atoms with van der Waals surface area (Å²) in [4.78, 5) is 11.3. The Balaban J connectivity index is 1.98. The van der Waals surface area contributed by atoms with Gasteiger partial charge in [0.25, 0.3) is 10.0 Å². The van der Waals surface area contributed by atoms with Gasteiger partial charge in [-0.1, -0.05) is 15.9 Å². The molecule has 0 aliphatic heterocycles. The summed E-state index contributed by atoms with van der Waals surface area (Å²) in [7, 11) is -2.42. The van der Waals surface area contributed by atoms with Crippen molar-refractivity contribution < 1.29 is 22.7 Å². The van der Waals surface area contributed by atoms with Crippen LogP contribution in [0, 0.1) is 5.82 Å². The Bertz CT molecular complexity index is 1170. The molecule has 146 valence electrons. The summed E-state index contributed by atoms with van der Waals surface area (Å²) in [6, 6.07) is 7.54. The molecule has 2 aromatic carbocycles. The summed E-state index contributed by atoms with van der Waals surface area (Å²) in [6.45, 7) is 0. The number of rotatable bonds is 6. The van der Waals surface area contributed by atoms with Crippen LogP contribution in [0.1, 0.15) is 10.4 Å². The molecule has 12 heteroatoms. The van der Waals surface area contributed by atoms with Crippen LogP contribution < -0.4 is 4.72 Å². The van der Waals surface area contributed by atoms with Gasteiger partial charge in [-0.05, 0) is 48.2 Å². The molecule has 1 heterocycles. The maximum Gasteiger partial charge on any atom is 0.338 e. The topological polar surface area (TPSA) is 114 Å². The third-order valence-corrected chi connectivity index (χ3v) is 6.52. The van der Waals surface area contributed by atoms with E-state index in [2.05, 4.69) is 30.8 Å². The molecular formula is C16H12BrFN4O4S2. The number of carboxylic acid groups (broad SMARTS) is 1. The van der Waals surface area contributed by atoms with Crippen LogP contribution in [0.25, 0.3) is 0 Å². The second-order valence-corrected chi connectivity index (χ2v) is 9.13. The van der Waals surface area contributed by atoms with E-state index in [4.69, 9.17) is 5.11 Å². The number of hydrogen-bond acceptors (Lipinski definition) is 6. The van der Waals surface area contributed by atoms with Gasteiger partial charge >= 0.3 is 5.97 Å². The normalized spacial score (nSPS) is 11.4. The van der Waals surface area contributed by atoms with Crippen LogP contribution >= 0.6 is 27.7 Å². The fourth-order valence-corrected chi connectivity index (χ4v) is 4.53. The first-order valence-corrected chi connectivity index (χ1v) is 10.6. The number of benzene rings is 2. The van der Waals surface area contributed by atoms with Gasteiger partial charge in [0.1, 0.15) is 12.1 Å². The van der Waals surface area contributed by atoms with Crippen molar-refractivity contribution in [2.75, 3.05) is 4.72 Å². The molecule has 0 aliphatic rings. The van der Waals surface area contributed by atoms with E-state index in [0.717, 1.165) is 18.2 Å². The van der Waals surface area contributed by atoms with Crippen LogP contribution in [0.2, 0.25) is 0 Å². The maximum atomic E-state index is 13.6. The highest BCUT2D eigenvalue weighted by atomic mass is 79.9. The molecule has 0 spiro atoms. The second-order valence-electron chi connectivity index (χ2n) is 5.52. The van der Waals surface area contributed by atoms with E-state index in [1.54, 1.807) is 29.8 Å². The monoisotopic (exact) mass is 486 g/mol. The molecular weight excluding hydrogens is 475 g/mol. The molecule has 0 unspecified atom stereocenters. The Morgan fingerprint density at radius 3 is 2.68 bits per heavy atom. The van der Waals surface area contributed by atoms with E-state index >= 15 is 0 Å². The Morgan fingerprint density at radius 1 is 1.29 bits per heavy atom. The molecule has 8 nitrogen and oxygen atoms in total. The van der Waals surface area contributed by atoms with Gasteiger partial charge in [0.15, 0.2) is 5.16 Å². The Labute approximate surface area is 172 Å². The summed E-state index contributed by atoms with van der Waals surface area (Å²) >= 11 is 4.48. The van der Waals surface area contributed by atoms with E-state index in [0.29, 0.717) is 14.5 Å². The number of hydrogen-bond donors (Lipinski definition) is 2. The molecule has 0 bridgehead atoms. The van der Waals surface area contributed by atoms with Crippen molar-refractivity contribution in [2.24, 2.45) is 7.05 Å². The summed E-state index contributed by atoms with van der Waals surface area (Å²) in [5.41, 5.74) is -0.491. The average molecular weight is 487 g/mol. The molecule has 0 fully saturated rings. The van der Waals surface area contributed by atoms with Crippen LogP contribution in [0.5, 0.6) is 0 Å². The van der Waals surface area contributed by atoms with E-state index < -0.39 is 27.4 Å². The molecule has 0 amide bonds. The third kappa shape index (κ3) is 4.34. The lowest BCUT2D eigenvalue weighted by atomic mass is 10.2. The molecule has 1 aromatic heterocycles. The first kappa shape index (κ1) is 20.3. The first-order valence-electron chi connectivity index (χ1n) is 7.54. The smallest absolute Gasteiger partial charge is 0.338 e. The highest BCUT2D eigenvalue weighted by Crippen LogP contribution is 2.35. The van der Waals surface area contributed by atoms with E-state index in [1.807, 2.05) is 0 Å². The highest BCUT2D eigenvalue weighted by Gasteiger charge is 2.21. The summed E-state index contributed by atoms with van der Waals surface area (Å²) < 4.78 is 43.8. The number of anilines is 1. The Kier molecular flexibility index (Phi) is 5.72. The van der Waals surface area contributed by atoms with Gasteiger partial charge in [-0.15, -0.1) is 10.2 Å². The predicted octanol–water partition coefficient (Wildman–Crippen LogP) is 3.37. The van der Waals surface area contributed by atoms with Crippen molar-refractivity contribution in [2.45, 2.75) is 14.9 Å². The molecule has 0 saturated carbocycles. The summed E-state index contributed by atoms with van der Waals surface area (Å²) in [5.74, 6) is -2.58. The van der Waals surface area contributed by atoms with Crippen molar-refractivity contribution >= 4 is 49.4 Å². The molecule has 0 atom stereocenters. The van der Waals surface area contributed by atoms with Crippen molar-refractivity contribution in [3.63, 3.8) is 0 Å². The molecule has 28 heavy (non-hydrogen) atoms. The quantitative estimate of drug-likeness (QED) is 0.548. The zero-order valence-electron chi connectivity index (χ0n) is 14.1. The van der Waals surface area contributed by atoms with Gasteiger partial charge < -0.3 is 9.67 Å². The zero-order chi connectivity index (χ0) is 20.5. The maximum absolute atomic E-state index is 13.6. The summed E-state index contributed by atoms with van der Waals surface area (Å²) in [5, 5.41) is 17.3. The second kappa shape index (κ2) is 7.89. The minimum absolute atomic E-state index is 0.239. The lowest BCUT2D eigenvalue weighted by Gasteiger charge is -2.13. The molecule has 3 aromatic rings. The number of aromatic carboxylic acids is 1. The predicted molar refractivity (Wildman–Crippen MR) is 103 cm³/mol. The van der Waals surface area contributed by atoms with Crippen molar-refractivity contribution in [3.05, 3.63) is 58.6 Å². The number of aryl methyl sites for hydroxylation is 1. The first-order chi connectivity index (χ1) is 13.2. The van der Waals surface area contributed by atoms with Gasteiger partial charge in [-0.3, -0.25) is 4.72 Å². The number of carboxylic acids is 1. The Hall–Kier alpha value is -2.44. The Morgan fingerprint density at radius 2 is 2.04 bits per heavy atom. The van der Waals surface area contributed by atoms with Gasteiger partial charge in [-0.2, -0.15) is 0 Å². The molecule has 0 saturated heterocycles. The van der Waals surface area contributed by atoms with Crippen LogP contribution in [-0.2, 0) is 17.1 Å². The number of nitrogens with zero attached hydrogens (tertiary/aromatic N) is 3. The van der Waals surface area contributed by atoms with Crippen LogP contribution in [0.3, 0.4) is 0 Å². The lowest BCUT2D eigenvalue weighted by Crippen LogP contribution is -2.15. The minimum atomic E-state index is -4.17. The van der Waals surface area contributed by atoms with E-state index in [9.17, 15) is 17.6 Å². The molecule has 0 radical (unpaired) electrons. The molecule has 2 N–H and O–H groups in total. The zero-order valence-corrected chi connectivity index (χ0v) is 17.3. The molecule has 3 rings (SSSR count). The van der Waals surface area contributed by atoms with E-state index in [1.165, 1.54) is 18.1 Å². The summed E-state index contributed by atoms with van der Waals surface area (Å²) in [6.07, 6.45) is 1.51.